The lowest BCUT2D eigenvalue weighted by Gasteiger charge is -2.10. The highest BCUT2D eigenvalue weighted by molar-refractivity contribution is 8.03. The van der Waals surface area contributed by atoms with Gasteiger partial charge in [-0.1, -0.05) is 24.7 Å². The van der Waals surface area contributed by atoms with Gasteiger partial charge in [0.1, 0.15) is 12.6 Å². The Bertz CT molecular complexity index is 521. The molecule has 0 N–H and O–H groups in total. The molecule has 112 valence electrons. The fourth-order valence-electron chi connectivity index (χ4n) is 1.84. The van der Waals surface area contributed by atoms with Crippen LogP contribution >= 0.6 is 23.5 Å². The minimum atomic E-state index is 0.471. The van der Waals surface area contributed by atoms with E-state index < -0.39 is 0 Å². The van der Waals surface area contributed by atoms with E-state index in [4.69, 9.17) is 6.42 Å². The molecule has 0 saturated carbocycles. The van der Waals surface area contributed by atoms with Crippen LogP contribution in [0.5, 0.6) is 0 Å². The van der Waals surface area contributed by atoms with Gasteiger partial charge in [-0.05, 0) is 19.3 Å². The second-order valence-corrected chi connectivity index (χ2v) is 6.50. The number of hydrogen-bond donors (Lipinski definition) is 0. The summed E-state index contributed by atoms with van der Waals surface area (Å²) in [7, 11) is 2.11. The van der Waals surface area contributed by atoms with E-state index in [1.807, 2.05) is 25.2 Å². The Morgan fingerprint density at radius 3 is 3.00 bits per heavy atom. The Balaban J connectivity index is 2.53. The molecule has 0 aromatic carbocycles. The first-order valence-electron chi connectivity index (χ1n) is 6.76. The molecule has 0 fully saturated rings. The van der Waals surface area contributed by atoms with E-state index in [2.05, 4.69) is 53.2 Å². The molecule has 1 rings (SSSR count). The molecule has 21 heavy (non-hydrogen) atoms. The Labute approximate surface area is 137 Å². The van der Waals surface area contributed by atoms with Crippen molar-refractivity contribution in [2.45, 2.75) is 13.0 Å². The summed E-state index contributed by atoms with van der Waals surface area (Å²) in [6.07, 6.45) is 17.7. The first-order valence-corrected chi connectivity index (χ1v) is 9.03. The quantitative estimate of drug-likeness (QED) is 0.402. The standard InChI is InChI=1S/C17H23N2S2/c1-6-8-9-16(7-2)15(3)21-13-17-12-19(10-11-20-5)14-18(17)4/h2,6,8-11,14,17H,3,12-13H2,1,4-5H3/q+1. The molecule has 2 nitrogen and oxygen atoms in total. The first-order chi connectivity index (χ1) is 10.1. The summed E-state index contributed by atoms with van der Waals surface area (Å²) in [6.45, 7) is 7.06. The molecule has 1 aliphatic rings. The number of terminal acetylenes is 1. The maximum atomic E-state index is 5.54. The molecule has 0 radical (unpaired) electrons. The molecule has 0 saturated heterocycles. The Hall–Kier alpha value is -1.31. The van der Waals surface area contributed by atoms with Gasteiger partial charge in [-0.3, -0.25) is 4.58 Å². The van der Waals surface area contributed by atoms with Gasteiger partial charge < -0.3 is 0 Å². The average molecular weight is 320 g/mol. The van der Waals surface area contributed by atoms with Gasteiger partial charge in [-0.2, -0.15) is 0 Å². The van der Waals surface area contributed by atoms with Crippen molar-refractivity contribution in [1.82, 2.24) is 4.90 Å². The maximum Gasteiger partial charge on any atom is 0.239 e. The van der Waals surface area contributed by atoms with Crippen LogP contribution in [0.1, 0.15) is 6.92 Å². The van der Waals surface area contributed by atoms with Gasteiger partial charge >= 0.3 is 0 Å². The van der Waals surface area contributed by atoms with E-state index in [1.165, 1.54) is 0 Å². The van der Waals surface area contributed by atoms with Crippen molar-refractivity contribution < 1.29 is 4.58 Å². The number of likely N-dealkylation sites (N-methyl/N-ethyl adjacent to an activating group) is 1. The number of nitrogens with zero attached hydrogens (tertiary/aromatic N) is 2. The van der Waals surface area contributed by atoms with Gasteiger partial charge in [0.05, 0.1) is 13.2 Å². The van der Waals surface area contributed by atoms with E-state index in [1.54, 1.807) is 23.5 Å². The predicted molar refractivity (Wildman–Crippen MR) is 98.7 cm³/mol. The van der Waals surface area contributed by atoms with Gasteiger partial charge in [-0.15, -0.1) is 29.9 Å². The van der Waals surface area contributed by atoms with Crippen molar-refractivity contribution in [2.75, 3.05) is 25.6 Å². The first kappa shape index (κ1) is 17.7. The molecule has 0 aromatic rings. The van der Waals surface area contributed by atoms with Crippen molar-refractivity contribution >= 4 is 29.9 Å². The number of allylic oxidation sites excluding steroid dienone is 4. The number of hydrogen-bond acceptors (Lipinski definition) is 3. The molecule has 4 heteroatoms. The summed E-state index contributed by atoms with van der Waals surface area (Å²) >= 11 is 3.44. The van der Waals surface area contributed by atoms with Crippen LogP contribution in [0, 0.1) is 12.3 Å². The molecule has 0 amide bonds. The lowest BCUT2D eigenvalue weighted by molar-refractivity contribution is -0.517. The summed E-state index contributed by atoms with van der Waals surface area (Å²) in [5, 5.41) is 2.09. The molecular weight excluding hydrogens is 296 g/mol. The van der Waals surface area contributed by atoms with Crippen LogP contribution < -0.4 is 0 Å². The van der Waals surface area contributed by atoms with Crippen LogP contribution in [-0.4, -0.2) is 47.5 Å². The van der Waals surface area contributed by atoms with Crippen molar-refractivity contribution in [1.29, 1.82) is 0 Å². The number of rotatable bonds is 7. The van der Waals surface area contributed by atoms with E-state index in [-0.39, 0.29) is 0 Å². The molecule has 0 bridgehead atoms. The van der Waals surface area contributed by atoms with Gasteiger partial charge in [0.2, 0.25) is 6.34 Å². The molecule has 1 unspecified atom stereocenters. The zero-order chi connectivity index (χ0) is 15.7. The molecule has 0 spiro atoms. The van der Waals surface area contributed by atoms with Crippen molar-refractivity contribution in [3.8, 4) is 12.3 Å². The fraction of sp³-hybridized carbons (Fsp3) is 0.353. The summed E-state index contributed by atoms with van der Waals surface area (Å²) in [5.41, 5.74) is 0.863. The summed E-state index contributed by atoms with van der Waals surface area (Å²) in [4.78, 5) is 3.17. The summed E-state index contributed by atoms with van der Waals surface area (Å²) in [6, 6.07) is 0.471. The summed E-state index contributed by atoms with van der Waals surface area (Å²) in [5.74, 6) is 3.68. The monoisotopic (exact) mass is 319 g/mol. The minimum Gasteiger partial charge on any atom is -0.263 e. The van der Waals surface area contributed by atoms with Crippen LogP contribution in [0.2, 0.25) is 0 Å². The van der Waals surface area contributed by atoms with Crippen LogP contribution in [0.15, 0.2) is 46.9 Å². The highest BCUT2D eigenvalue weighted by atomic mass is 32.2. The highest BCUT2D eigenvalue weighted by Gasteiger charge is 2.27. The SMILES string of the molecule is C#CC(=CC=CC)C(=C)SCC1CN(C=CSC)C=[N+]1C. The molecule has 0 aliphatic carbocycles. The third-order valence-electron chi connectivity index (χ3n) is 3.08. The predicted octanol–water partition coefficient (Wildman–Crippen LogP) is 3.56. The van der Waals surface area contributed by atoms with Crippen LogP contribution in [0.4, 0.5) is 0 Å². The lowest BCUT2D eigenvalue weighted by atomic mass is 10.2. The normalized spacial score (nSPS) is 19.3. The average Bonchev–Trinajstić information content (AvgIpc) is 2.84. The van der Waals surface area contributed by atoms with E-state index >= 15 is 0 Å². The third kappa shape index (κ3) is 5.91. The molecule has 1 heterocycles. The lowest BCUT2D eigenvalue weighted by Crippen LogP contribution is -2.25. The highest BCUT2D eigenvalue weighted by Crippen LogP contribution is 2.24. The largest absolute Gasteiger partial charge is 0.263 e. The second-order valence-electron chi connectivity index (χ2n) is 4.64. The van der Waals surface area contributed by atoms with Gasteiger partial charge in [-0.25, -0.2) is 4.90 Å². The van der Waals surface area contributed by atoms with Gasteiger partial charge in [0.25, 0.3) is 0 Å². The van der Waals surface area contributed by atoms with Crippen LogP contribution in [-0.2, 0) is 0 Å². The topological polar surface area (TPSA) is 6.25 Å². The van der Waals surface area contributed by atoms with E-state index in [9.17, 15) is 0 Å². The van der Waals surface area contributed by atoms with Crippen LogP contribution in [0.25, 0.3) is 0 Å². The zero-order valence-electron chi connectivity index (χ0n) is 13.0. The smallest absolute Gasteiger partial charge is 0.239 e. The number of thioether (sulfide) groups is 2. The van der Waals surface area contributed by atoms with E-state index in [0.717, 1.165) is 22.8 Å². The van der Waals surface area contributed by atoms with Crippen molar-refractivity contribution in [3.05, 3.63) is 46.9 Å². The van der Waals surface area contributed by atoms with E-state index in [0.29, 0.717) is 6.04 Å². The van der Waals surface area contributed by atoms with Gasteiger partial charge in [0, 0.05) is 21.6 Å². The molecular formula is C17H23N2S2+. The zero-order valence-corrected chi connectivity index (χ0v) is 14.6. The maximum absolute atomic E-state index is 5.54. The third-order valence-corrected chi connectivity index (χ3v) is 4.59. The van der Waals surface area contributed by atoms with Crippen molar-refractivity contribution in [3.63, 3.8) is 0 Å². The second kappa shape index (κ2) is 9.59. The Morgan fingerprint density at radius 2 is 2.38 bits per heavy atom. The van der Waals surface area contributed by atoms with Gasteiger partial charge in [0.15, 0.2) is 0 Å². The Kier molecular flexibility index (Phi) is 8.11. The Morgan fingerprint density at radius 1 is 1.62 bits per heavy atom. The molecule has 1 atom stereocenters. The van der Waals surface area contributed by atoms with Crippen LogP contribution in [0.3, 0.4) is 0 Å². The minimum absolute atomic E-state index is 0.471. The molecule has 1 aliphatic heterocycles. The van der Waals surface area contributed by atoms with Crippen molar-refractivity contribution in [2.24, 2.45) is 0 Å². The fourth-order valence-corrected chi connectivity index (χ4v) is 3.14. The summed E-state index contributed by atoms with van der Waals surface area (Å²) < 4.78 is 2.25. The molecule has 0 aromatic heterocycles.